The van der Waals surface area contributed by atoms with Crippen LogP contribution in [0.3, 0.4) is 0 Å². The van der Waals surface area contributed by atoms with Gasteiger partial charge >= 0.3 is 0 Å². The van der Waals surface area contributed by atoms with Crippen LogP contribution < -0.4 is 10.9 Å². The summed E-state index contributed by atoms with van der Waals surface area (Å²) in [5, 5.41) is 2.94. The van der Waals surface area contributed by atoms with Crippen LogP contribution in [-0.2, 0) is 17.8 Å². The average Bonchev–Trinajstić information content (AvgIpc) is 3.16. The molecule has 4 rings (SSSR count). The number of para-hydroxylation sites is 3. The monoisotopic (exact) mass is 345 g/mol. The molecule has 1 N–H and O–H groups in total. The first-order valence-corrected chi connectivity index (χ1v) is 8.65. The molecule has 0 spiro atoms. The molecule has 0 aliphatic rings. The number of carbonyl (C=O) groups excluding carboxylic acids is 1. The summed E-state index contributed by atoms with van der Waals surface area (Å²) in [5.74, 6) is -0.214. The standard InChI is InChI=1S/C21H19N3O2/c1-2-15-8-3-4-9-16(15)22-20(25)14-24-18-11-6-5-10-17(18)23-13-7-12-19(23)21(24)26/h3-13H,2,14H2,1H3,(H,22,25). The lowest BCUT2D eigenvalue weighted by Crippen LogP contribution is -2.29. The minimum Gasteiger partial charge on any atom is -0.324 e. The first-order valence-electron chi connectivity index (χ1n) is 8.65. The maximum absolute atomic E-state index is 12.9. The minimum atomic E-state index is -0.214. The maximum Gasteiger partial charge on any atom is 0.275 e. The van der Waals surface area contributed by atoms with Crippen LogP contribution in [0, 0.1) is 0 Å². The summed E-state index contributed by atoms with van der Waals surface area (Å²) in [6, 6.07) is 18.9. The van der Waals surface area contributed by atoms with E-state index in [0.29, 0.717) is 5.52 Å². The number of benzene rings is 2. The van der Waals surface area contributed by atoms with Crippen LogP contribution in [0.1, 0.15) is 12.5 Å². The first-order chi connectivity index (χ1) is 12.7. The van der Waals surface area contributed by atoms with Crippen LogP contribution >= 0.6 is 0 Å². The van der Waals surface area contributed by atoms with Crippen LogP contribution in [0.25, 0.3) is 16.6 Å². The topological polar surface area (TPSA) is 55.5 Å². The average molecular weight is 345 g/mol. The van der Waals surface area contributed by atoms with Gasteiger partial charge in [-0.2, -0.15) is 0 Å². The lowest BCUT2D eigenvalue weighted by molar-refractivity contribution is -0.116. The molecule has 2 aromatic heterocycles. The largest absolute Gasteiger partial charge is 0.324 e. The van der Waals surface area contributed by atoms with Gasteiger partial charge in [0, 0.05) is 11.9 Å². The number of amides is 1. The van der Waals surface area contributed by atoms with E-state index in [1.807, 2.05) is 72.1 Å². The lowest BCUT2D eigenvalue weighted by Gasteiger charge is -2.14. The van der Waals surface area contributed by atoms with Crippen LogP contribution in [0.15, 0.2) is 71.7 Å². The predicted octanol–water partition coefficient (Wildman–Crippen LogP) is 3.46. The second-order valence-electron chi connectivity index (χ2n) is 6.20. The van der Waals surface area contributed by atoms with Crippen molar-refractivity contribution in [3.05, 3.63) is 82.8 Å². The Balaban J connectivity index is 1.75. The van der Waals surface area contributed by atoms with Crippen molar-refractivity contribution >= 4 is 28.1 Å². The maximum atomic E-state index is 12.9. The fourth-order valence-electron chi connectivity index (χ4n) is 3.35. The van der Waals surface area contributed by atoms with Crippen LogP contribution in [0.4, 0.5) is 5.69 Å². The molecule has 0 atom stereocenters. The zero-order chi connectivity index (χ0) is 18.1. The number of carbonyl (C=O) groups is 1. The highest BCUT2D eigenvalue weighted by Gasteiger charge is 2.13. The fraction of sp³-hybridized carbons (Fsp3) is 0.143. The summed E-state index contributed by atoms with van der Waals surface area (Å²) in [6.07, 6.45) is 2.69. The van der Waals surface area contributed by atoms with Gasteiger partial charge in [0.1, 0.15) is 12.1 Å². The number of aromatic nitrogens is 2. The summed E-state index contributed by atoms with van der Waals surface area (Å²) in [5.41, 5.74) is 3.88. The normalized spacial score (nSPS) is 11.1. The number of nitrogens with zero attached hydrogens (tertiary/aromatic N) is 2. The second kappa shape index (κ2) is 6.52. The third-order valence-corrected chi connectivity index (χ3v) is 4.62. The van der Waals surface area contributed by atoms with Crippen molar-refractivity contribution in [2.45, 2.75) is 19.9 Å². The van der Waals surface area contributed by atoms with E-state index in [2.05, 4.69) is 5.32 Å². The van der Waals surface area contributed by atoms with Crippen molar-refractivity contribution in [2.24, 2.45) is 0 Å². The molecule has 0 radical (unpaired) electrons. The first kappa shape index (κ1) is 16.1. The summed E-state index contributed by atoms with van der Waals surface area (Å²) in [7, 11) is 0. The number of nitrogens with one attached hydrogen (secondary N) is 1. The number of hydrogen-bond acceptors (Lipinski definition) is 2. The number of rotatable bonds is 4. The molecule has 2 heterocycles. The predicted molar refractivity (Wildman–Crippen MR) is 104 cm³/mol. The van der Waals surface area contributed by atoms with Crippen molar-refractivity contribution in [1.29, 1.82) is 0 Å². The summed E-state index contributed by atoms with van der Waals surface area (Å²) < 4.78 is 3.40. The highest BCUT2D eigenvalue weighted by molar-refractivity contribution is 5.92. The van der Waals surface area contributed by atoms with Gasteiger partial charge in [0.15, 0.2) is 0 Å². The van der Waals surface area contributed by atoms with Crippen LogP contribution in [-0.4, -0.2) is 14.9 Å². The van der Waals surface area contributed by atoms with E-state index in [9.17, 15) is 9.59 Å². The zero-order valence-electron chi connectivity index (χ0n) is 14.5. The second-order valence-corrected chi connectivity index (χ2v) is 6.20. The molecule has 0 saturated carbocycles. The van der Waals surface area contributed by atoms with Gasteiger partial charge in [0.2, 0.25) is 5.91 Å². The van der Waals surface area contributed by atoms with Gasteiger partial charge in [0.25, 0.3) is 5.56 Å². The molecule has 0 bridgehead atoms. The van der Waals surface area contributed by atoms with Crippen molar-refractivity contribution in [3.63, 3.8) is 0 Å². The van der Waals surface area contributed by atoms with E-state index in [1.165, 1.54) is 4.57 Å². The molecule has 130 valence electrons. The van der Waals surface area contributed by atoms with Gasteiger partial charge in [-0.05, 0) is 42.3 Å². The highest BCUT2D eigenvalue weighted by Crippen LogP contribution is 2.17. The summed E-state index contributed by atoms with van der Waals surface area (Å²) in [6.45, 7) is 2.02. The Labute approximate surface area is 150 Å². The number of aryl methyl sites for hydroxylation is 1. The van der Waals surface area contributed by atoms with E-state index in [-0.39, 0.29) is 18.0 Å². The Bertz CT molecular complexity index is 1170. The quantitative estimate of drug-likeness (QED) is 0.616. The molecule has 0 saturated heterocycles. The fourth-order valence-corrected chi connectivity index (χ4v) is 3.35. The Morgan fingerprint density at radius 2 is 1.62 bits per heavy atom. The summed E-state index contributed by atoms with van der Waals surface area (Å²) in [4.78, 5) is 25.5. The number of hydrogen-bond donors (Lipinski definition) is 1. The van der Waals surface area contributed by atoms with E-state index in [4.69, 9.17) is 0 Å². The van der Waals surface area contributed by atoms with E-state index >= 15 is 0 Å². The van der Waals surface area contributed by atoms with Crippen molar-refractivity contribution in [2.75, 3.05) is 5.32 Å². The molecular formula is C21H19N3O2. The Kier molecular flexibility index (Phi) is 4.05. The molecule has 26 heavy (non-hydrogen) atoms. The molecule has 2 aromatic carbocycles. The number of fused-ring (bicyclic) bond motifs is 3. The van der Waals surface area contributed by atoms with E-state index in [1.54, 1.807) is 6.07 Å². The Morgan fingerprint density at radius 3 is 2.42 bits per heavy atom. The van der Waals surface area contributed by atoms with Crippen molar-refractivity contribution < 1.29 is 4.79 Å². The van der Waals surface area contributed by atoms with Gasteiger partial charge < -0.3 is 9.72 Å². The Morgan fingerprint density at radius 1 is 0.923 bits per heavy atom. The van der Waals surface area contributed by atoms with Crippen LogP contribution in [0.5, 0.6) is 0 Å². The molecule has 0 unspecified atom stereocenters. The molecule has 5 nitrogen and oxygen atoms in total. The van der Waals surface area contributed by atoms with Gasteiger partial charge in [-0.15, -0.1) is 0 Å². The summed E-state index contributed by atoms with van der Waals surface area (Å²) >= 11 is 0. The van der Waals surface area contributed by atoms with Gasteiger partial charge in [-0.1, -0.05) is 37.3 Å². The third-order valence-electron chi connectivity index (χ3n) is 4.62. The van der Waals surface area contributed by atoms with Crippen LogP contribution in [0.2, 0.25) is 0 Å². The smallest absolute Gasteiger partial charge is 0.275 e. The number of anilines is 1. The highest BCUT2D eigenvalue weighted by atomic mass is 16.2. The SMILES string of the molecule is CCc1ccccc1NC(=O)Cn1c(=O)c2cccn2c2ccccc21. The molecule has 1 amide bonds. The van der Waals surface area contributed by atoms with Gasteiger partial charge in [0.05, 0.1) is 11.0 Å². The molecule has 0 aliphatic carbocycles. The van der Waals surface area contributed by atoms with E-state index < -0.39 is 0 Å². The van der Waals surface area contributed by atoms with E-state index in [0.717, 1.165) is 28.7 Å². The zero-order valence-corrected chi connectivity index (χ0v) is 14.5. The van der Waals surface area contributed by atoms with Crippen molar-refractivity contribution in [1.82, 2.24) is 8.97 Å². The molecule has 0 aliphatic heterocycles. The molecule has 4 aromatic rings. The Hall–Kier alpha value is -3.34. The molecular weight excluding hydrogens is 326 g/mol. The molecule has 5 heteroatoms. The third kappa shape index (κ3) is 2.67. The van der Waals surface area contributed by atoms with Gasteiger partial charge in [-0.3, -0.25) is 14.2 Å². The van der Waals surface area contributed by atoms with Gasteiger partial charge in [-0.25, -0.2) is 0 Å². The minimum absolute atomic E-state index is 0.0287. The molecule has 0 fully saturated rings. The lowest BCUT2D eigenvalue weighted by atomic mass is 10.1. The van der Waals surface area contributed by atoms with Crippen molar-refractivity contribution in [3.8, 4) is 0 Å².